The maximum atomic E-state index is 12.4. The van der Waals surface area contributed by atoms with Crippen LogP contribution in [0.1, 0.15) is 12.5 Å². The molecule has 0 spiro atoms. The molecule has 2 aromatic rings. The molecule has 1 N–H and O–H groups in total. The number of ether oxygens (including phenoxy) is 2. The standard InChI is InChI=1S/C16H18ClNO4S/c1-3-22-16-9-8-13(10-14(16)17)23(19,20)18-11-12-6-4-5-7-15(12)21-2/h4-10,18H,3,11H2,1-2H3. The SMILES string of the molecule is CCOc1ccc(S(=O)(=O)NCc2ccccc2OC)cc1Cl. The largest absolute Gasteiger partial charge is 0.496 e. The van der Waals surface area contributed by atoms with Gasteiger partial charge in [0.25, 0.3) is 0 Å². The van der Waals surface area contributed by atoms with E-state index in [2.05, 4.69) is 4.72 Å². The van der Waals surface area contributed by atoms with Gasteiger partial charge in [0, 0.05) is 12.1 Å². The number of para-hydroxylation sites is 1. The van der Waals surface area contributed by atoms with Gasteiger partial charge < -0.3 is 9.47 Å². The molecule has 124 valence electrons. The number of halogens is 1. The molecule has 0 aliphatic rings. The molecule has 0 atom stereocenters. The minimum atomic E-state index is -3.68. The number of benzene rings is 2. The van der Waals surface area contributed by atoms with Crippen molar-refractivity contribution >= 4 is 21.6 Å². The van der Waals surface area contributed by atoms with Gasteiger partial charge in [0.05, 0.1) is 23.6 Å². The number of hydrogen-bond acceptors (Lipinski definition) is 4. The molecule has 0 saturated carbocycles. The first-order valence-corrected chi connectivity index (χ1v) is 8.88. The van der Waals surface area contributed by atoms with Crippen LogP contribution >= 0.6 is 11.6 Å². The van der Waals surface area contributed by atoms with Crippen LogP contribution < -0.4 is 14.2 Å². The van der Waals surface area contributed by atoms with Crippen LogP contribution in [0.2, 0.25) is 5.02 Å². The highest BCUT2D eigenvalue weighted by Gasteiger charge is 2.16. The molecule has 2 aromatic carbocycles. The topological polar surface area (TPSA) is 64.6 Å². The Morgan fingerprint density at radius 2 is 1.87 bits per heavy atom. The van der Waals surface area contributed by atoms with E-state index in [1.165, 1.54) is 12.1 Å². The number of sulfonamides is 1. The maximum absolute atomic E-state index is 12.4. The molecule has 5 nitrogen and oxygen atoms in total. The fraction of sp³-hybridized carbons (Fsp3) is 0.250. The van der Waals surface area contributed by atoms with E-state index in [1.807, 2.05) is 19.1 Å². The molecule has 0 heterocycles. The van der Waals surface area contributed by atoms with Crippen LogP contribution in [-0.4, -0.2) is 22.1 Å². The number of nitrogens with one attached hydrogen (secondary N) is 1. The van der Waals surface area contributed by atoms with E-state index in [-0.39, 0.29) is 16.5 Å². The third-order valence-electron chi connectivity index (χ3n) is 3.16. The highest BCUT2D eigenvalue weighted by atomic mass is 35.5. The smallest absolute Gasteiger partial charge is 0.240 e. The zero-order chi connectivity index (χ0) is 16.9. The van der Waals surface area contributed by atoms with Crippen molar-refractivity contribution in [2.75, 3.05) is 13.7 Å². The molecule has 0 bridgehead atoms. The lowest BCUT2D eigenvalue weighted by atomic mass is 10.2. The van der Waals surface area contributed by atoms with Crippen molar-refractivity contribution in [1.82, 2.24) is 4.72 Å². The summed E-state index contributed by atoms with van der Waals surface area (Å²) < 4.78 is 37.8. The van der Waals surface area contributed by atoms with Crippen LogP contribution in [0.5, 0.6) is 11.5 Å². The van der Waals surface area contributed by atoms with E-state index in [0.29, 0.717) is 18.1 Å². The molecule has 0 aromatic heterocycles. The minimum Gasteiger partial charge on any atom is -0.496 e. The van der Waals surface area contributed by atoms with Crippen molar-refractivity contribution in [3.05, 3.63) is 53.1 Å². The van der Waals surface area contributed by atoms with Gasteiger partial charge >= 0.3 is 0 Å². The van der Waals surface area contributed by atoms with Crippen molar-refractivity contribution in [2.24, 2.45) is 0 Å². The number of hydrogen-bond donors (Lipinski definition) is 1. The second-order valence-corrected chi connectivity index (χ2v) is 6.84. The Labute approximate surface area is 141 Å². The third kappa shape index (κ3) is 4.37. The second-order valence-electron chi connectivity index (χ2n) is 4.66. The molecule has 0 aliphatic carbocycles. The van der Waals surface area contributed by atoms with E-state index >= 15 is 0 Å². The molecule has 2 rings (SSSR count). The van der Waals surface area contributed by atoms with Gasteiger partial charge in [-0.2, -0.15) is 0 Å². The van der Waals surface area contributed by atoms with Gasteiger partial charge in [-0.25, -0.2) is 13.1 Å². The molecular formula is C16H18ClNO4S. The summed E-state index contributed by atoms with van der Waals surface area (Å²) in [6.07, 6.45) is 0. The Kier molecular flexibility index (Phi) is 5.87. The molecule has 7 heteroatoms. The molecule has 0 fully saturated rings. The van der Waals surface area contributed by atoms with Crippen LogP contribution in [0.4, 0.5) is 0 Å². The summed E-state index contributed by atoms with van der Waals surface area (Å²) in [5, 5.41) is 0.256. The molecular weight excluding hydrogens is 338 g/mol. The summed E-state index contributed by atoms with van der Waals surface area (Å²) in [7, 11) is -2.14. The molecule has 0 aliphatic heterocycles. The van der Waals surface area contributed by atoms with Gasteiger partial charge in [0.2, 0.25) is 10.0 Å². The predicted molar refractivity (Wildman–Crippen MR) is 89.6 cm³/mol. The van der Waals surface area contributed by atoms with E-state index < -0.39 is 10.0 Å². The monoisotopic (exact) mass is 355 g/mol. The summed E-state index contributed by atoms with van der Waals surface area (Å²) in [4.78, 5) is 0.0841. The van der Waals surface area contributed by atoms with Gasteiger partial charge in [-0.15, -0.1) is 0 Å². The molecule has 23 heavy (non-hydrogen) atoms. The minimum absolute atomic E-state index is 0.0841. The number of methoxy groups -OCH3 is 1. The maximum Gasteiger partial charge on any atom is 0.240 e. The predicted octanol–water partition coefficient (Wildman–Crippen LogP) is 3.23. The summed E-state index contributed by atoms with van der Waals surface area (Å²) in [5.41, 5.74) is 0.746. The summed E-state index contributed by atoms with van der Waals surface area (Å²) in [6.45, 7) is 2.41. The average molecular weight is 356 g/mol. The second kappa shape index (κ2) is 7.68. The van der Waals surface area contributed by atoms with Crippen LogP contribution in [0, 0.1) is 0 Å². The molecule has 0 radical (unpaired) electrons. The fourth-order valence-corrected chi connectivity index (χ4v) is 3.36. The average Bonchev–Trinajstić information content (AvgIpc) is 2.55. The quantitative estimate of drug-likeness (QED) is 0.828. The fourth-order valence-electron chi connectivity index (χ4n) is 2.03. The highest BCUT2D eigenvalue weighted by molar-refractivity contribution is 7.89. The van der Waals surface area contributed by atoms with Crippen molar-refractivity contribution < 1.29 is 17.9 Å². The Balaban J connectivity index is 2.17. The van der Waals surface area contributed by atoms with Gasteiger partial charge in [-0.05, 0) is 31.2 Å². The Morgan fingerprint density at radius 3 is 2.52 bits per heavy atom. The first-order valence-electron chi connectivity index (χ1n) is 7.02. The van der Waals surface area contributed by atoms with Gasteiger partial charge in [-0.1, -0.05) is 29.8 Å². The van der Waals surface area contributed by atoms with E-state index in [9.17, 15) is 8.42 Å². The van der Waals surface area contributed by atoms with E-state index in [1.54, 1.807) is 25.3 Å². The Morgan fingerprint density at radius 1 is 1.13 bits per heavy atom. The third-order valence-corrected chi connectivity index (χ3v) is 4.85. The Bertz CT molecular complexity index is 777. The van der Waals surface area contributed by atoms with Crippen molar-refractivity contribution in [1.29, 1.82) is 0 Å². The van der Waals surface area contributed by atoms with Crippen molar-refractivity contribution in [3.8, 4) is 11.5 Å². The Hall–Kier alpha value is -1.76. The number of rotatable bonds is 7. The first-order chi connectivity index (χ1) is 11.0. The zero-order valence-electron chi connectivity index (χ0n) is 12.9. The van der Waals surface area contributed by atoms with Crippen molar-refractivity contribution in [3.63, 3.8) is 0 Å². The van der Waals surface area contributed by atoms with Crippen molar-refractivity contribution in [2.45, 2.75) is 18.4 Å². The molecule has 0 unspecified atom stereocenters. The van der Waals surface area contributed by atoms with Crippen LogP contribution in [0.15, 0.2) is 47.4 Å². The lowest BCUT2D eigenvalue weighted by Crippen LogP contribution is -2.23. The highest BCUT2D eigenvalue weighted by Crippen LogP contribution is 2.27. The van der Waals surface area contributed by atoms with E-state index in [0.717, 1.165) is 5.56 Å². The van der Waals surface area contributed by atoms with Gasteiger partial charge in [0.1, 0.15) is 11.5 Å². The van der Waals surface area contributed by atoms with Crippen LogP contribution in [0.25, 0.3) is 0 Å². The van der Waals surface area contributed by atoms with E-state index in [4.69, 9.17) is 21.1 Å². The first kappa shape index (κ1) is 17.6. The summed E-state index contributed by atoms with van der Waals surface area (Å²) in [6, 6.07) is 11.6. The van der Waals surface area contributed by atoms with Crippen LogP contribution in [-0.2, 0) is 16.6 Å². The zero-order valence-corrected chi connectivity index (χ0v) is 14.4. The normalized spacial score (nSPS) is 11.3. The molecule has 0 amide bonds. The molecule has 0 saturated heterocycles. The lowest BCUT2D eigenvalue weighted by molar-refractivity contribution is 0.340. The summed E-state index contributed by atoms with van der Waals surface area (Å²) >= 11 is 6.04. The lowest BCUT2D eigenvalue weighted by Gasteiger charge is -2.11. The van der Waals surface area contributed by atoms with Crippen LogP contribution in [0.3, 0.4) is 0 Å². The van der Waals surface area contributed by atoms with Gasteiger partial charge in [0.15, 0.2) is 0 Å². The summed E-state index contributed by atoms with van der Waals surface area (Å²) in [5.74, 6) is 1.08. The van der Waals surface area contributed by atoms with Gasteiger partial charge in [-0.3, -0.25) is 0 Å².